The summed E-state index contributed by atoms with van der Waals surface area (Å²) in [5.41, 5.74) is -1.23. The SMILES string of the molecule is CNC(=O)Cn1cc2cc(Nc3nc(=O)n(Cc4ncn(C)n4)c(=O)n3Cc3cc(Cl)c(F)cc3F)c(Cl)cc2n1. The highest BCUT2D eigenvalue weighted by atomic mass is 35.5. The van der Waals surface area contributed by atoms with Gasteiger partial charge in [-0.15, -0.1) is 0 Å². The molecular formula is C24H20Cl2F2N10O3. The maximum Gasteiger partial charge on any atom is 0.355 e. The third kappa shape index (κ3) is 5.81. The number of anilines is 2. The summed E-state index contributed by atoms with van der Waals surface area (Å²) < 4.78 is 33.1. The second-order valence-corrected chi connectivity index (χ2v) is 9.70. The fourth-order valence-electron chi connectivity index (χ4n) is 3.98. The normalized spacial score (nSPS) is 11.3. The standard InChI is InChI=1S/C24H20Cl2F2N10O3/c1-29-21(39)10-36-7-13-4-19(15(26)5-18(13)33-36)31-22-32-23(40)38(9-20-30-11-35(2)34-20)24(41)37(22)8-12-3-14(25)17(28)6-16(12)27/h3-7,11H,8-10H2,1-2H3,(H,29,39)(H,31,32,40). The van der Waals surface area contributed by atoms with E-state index in [9.17, 15) is 23.2 Å². The lowest BCUT2D eigenvalue weighted by molar-refractivity contribution is -0.121. The molecule has 5 aromatic rings. The number of nitrogens with zero attached hydrogens (tertiary/aromatic N) is 8. The number of nitrogens with one attached hydrogen (secondary N) is 2. The van der Waals surface area contributed by atoms with Gasteiger partial charge in [-0.1, -0.05) is 23.2 Å². The Morgan fingerprint density at radius 3 is 2.49 bits per heavy atom. The zero-order valence-electron chi connectivity index (χ0n) is 21.4. The number of halogens is 4. The molecule has 3 aromatic heterocycles. The van der Waals surface area contributed by atoms with E-state index < -0.39 is 29.6 Å². The summed E-state index contributed by atoms with van der Waals surface area (Å²) in [5, 5.41) is 14.1. The van der Waals surface area contributed by atoms with Gasteiger partial charge in [-0.2, -0.15) is 15.2 Å². The molecule has 0 bridgehead atoms. The molecule has 0 unspecified atom stereocenters. The van der Waals surface area contributed by atoms with Gasteiger partial charge in [0.2, 0.25) is 11.9 Å². The van der Waals surface area contributed by atoms with E-state index in [4.69, 9.17) is 23.2 Å². The number of hydrogen-bond donors (Lipinski definition) is 2. The van der Waals surface area contributed by atoms with Crippen molar-refractivity contribution in [3.05, 3.63) is 90.8 Å². The number of rotatable bonds is 8. The first kappa shape index (κ1) is 27.9. The summed E-state index contributed by atoms with van der Waals surface area (Å²) in [5.74, 6) is -2.30. The van der Waals surface area contributed by atoms with Crippen molar-refractivity contribution in [2.45, 2.75) is 19.6 Å². The Morgan fingerprint density at radius 2 is 1.78 bits per heavy atom. The van der Waals surface area contributed by atoms with Crippen molar-refractivity contribution in [2.75, 3.05) is 12.4 Å². The van der Waals surface area contributed by atoms with Crippen LogP contribution in [-0.4, -0.2) is 51.6 Å². The molecule has 0 spiro atoms. The minimum atomic E-state index is -0.972. The highest BCUT2D eigenvalue weighted by Gasteiger charge is 2.19. The first-order chi connectivity index (χ1) is 19.5. The molecule has 13 nitrogen and oxygen atoms in total. The molecule has 0 radical (unpaired) electrons. The molecule has 41 heavy (non-hydrogen) atoms. The number of aryl methyl sites for hydroxylation is 1. The smallest absolute Gasteiger partial charge is 0.355 e. The van der Waals surface area contributed by atoms with Gasteiger partial charge in [0, 0.05) is 37.3 Å². The van der Waals surface area contributed by atoms with Crippen LogP contribution in [0.4, 0.5) is 20.4 Å². The van der Waals surface area contributed by atoms with Crippen LogP contribution in [0, 0.1) is 11.6 Å². The maximum absolute atomic E-state index is 14.7. The second-order valence-electron chi connectivity index (χ2n) is 8.88. The van der Waals surface area contributed by atoms with E-state index in [1.54, 1.807) is 19.3 Å². The van der Waals surface area contributed by atoms with Crippen LogP contribution in [-0.2, 0) is 31.5 Å². The monoisotopic (exact) mass is 604 g/mol. The van der Waals surface area contributed by atoms with E-state index in [-0.39, 0.29) is 52.1 Å². The zero-order valence-corrected chi connectivity index (χ0v) is 22.9. The van der Waals surface area contributed by atoms with Crippen molar-refractivity contribution in [2.24, 2.45) is 7.05 Å². The average Bonchev–Trinajstić information content (AvgIpc) is 3.51. The molecule has 17 heteroatoms. The fourth-order valence-corrected chi connectivity index (χ4v) is 4.37. The number of carbonyl (C=O) groups excluding carboxylic acids is 1. The van der Waals surface area contributed by atoms with Crippen molar-refractivity contribution in [1.29, 1.82) is 0 Å². The quantitative estimate of drug-likeness (QED) is 0.256. The lowest BCUT2D eigenvalue weighted by Gasteiger charge is -2.16. The van der Waals surface area contributed by atoms with E-state index in [0.717, 1.165) is 15.2 Å². The summed E-state index contributed by atoms with van der Waals surface area (Å²) in [6.07, 6.45) is 3.01. The predicted molar refractivity (Wildman–Crippen MR) is 145 cm³/mol. The molecule has 0 aliphatic heterocycles. The highest BCUT2D eigenvalue weighted by molar-refractivity contribution is 6.34. The predicted octanol–water partition coefficient (Wildman–Crippen LogP) is 2.05. The van der Waals surface area contributed by atoms with Gasteiger partial charge < -0.3 is 10.6 Å². The van der Waals surface area contributed by atoms with Gasteiger partial charge in [0.1, 0.15) is 24.5 Å². The Hall–Kier alpha value is -4.63. The Balaban J connectivity index is 1.60. The van der Waals surface area contributed by atoms with Crippen LogP contribution in [0.3, 0.4) is 0 Å². The summed E-state index contributed by atoms with van der Waals surface area (Å²) in [6.45, 7) is -0.808. The van der Waals surface area contributed by atoms with Crippen molar-refractivity contribution in [3.63, 3.8) is 0 Å². The number of likely N-dealkylation sites (N-methyl/N-ethyl adjacent to an activating group) is 1. The first-order valence-corrected chi connectivity index (χ1v) is 12.6. The van der Waals surface area contributed by atoms with Gasteiger partial charge >= 0.3 is 11.4 Å². The zero-order chi connectivity index (χ0) is 29.4. The van der Waals surface area contributed by atoms with Gasteiger partial charge in [0.15, 0.2) is 5.82 Å². The molecule has 0 aliphatic carbocycles. The second kappa shape index (κ2) is 11.1. The Morgan fingerprint density at radius 1 is 1.00 bits per heavy atom. The summed E-state index contributed by atoms with van der Waals surface area (Å²) in [6, 6.07) is 4.74. The van der Waals surface area contributed by atoms with Gasteiger partial charge in [0.05, 0.1) is 34.3 Å². The van der Waals surface area contributed by atoms with Gasteiger partial charge in [-0.05, 0) is 18.2 Å². The lowest BCUT2D eigenvalue weighted by Crippen LogP contribution is -2.43. The van der Waals surface area contributed by atoms with E-state index in [1.165, 1.54) is 28.8 Å². The van der Waals surface area contributed by atoms with Crippen molar-refractivity contribution >= 4 is 51.6 Å². The number of aromatic nitrogens is 8. The van der Waals surface area contributed by atoms with Gasteiger partial charge in [-0.25, -0.2) is 27.9 Å². The van der Waals surface area contributed by atoms with E-state index in [1.807, 2.05) is 0 Å². The summed E-state index contributed by atoms with van der Waals surface area (Å²) >= 11 is 12.3. The van der Waals surface area contributed by atoms with E-state index in [0.29, 0.717) is 17.0 Å². The average molecular weight is 605 g/mol. The van der Waals surface area contributed by atoms with Crippen LogP contribution in [0.5, 0.6) is 0 Å². The largest absolute Gasteiger partial charge is 0.358 e. The number of hydrogen-bond acceptors (Lipinski definition) is 8. The summed E-state index contributed by atoms with van der Waals surface area (Å²) in [4.78, 5) is 46.3. The Labute approximate surface area is 239 Å². The maximum atomic E-state index is 14.7. The lowest BCUT2D eigenvalue weighted by atomic mass is 10.2. The van der Waals surface area contributed by atoms with Crippen molar-refractivity contribution in [1.82, 2.24) is 44.0 Å². The molecule has 0 atom stereocenters. The minimum absolute atomic E-state index is 0.0260. The molecule has 212 valence electrons. The third-order valence-electron chi connectivity index (χ3n) is 5.99. The Bertz CT molecular complexity index is 1930. The molecule has 0 saturated carbocycles. The number of carbonyl (C=O) groups is 1. The minimum Gasteiger partial charge on any atom is -0.358 e. The molecule has 0 saturated heterocycles. The number of benzene rings is 2. The molecule has 5 rings (SSSR count). The molecule has 0 fully saturated rings. The van der Waals surface area contributed by atoms with Crippen LogP contribution < -0.4 is 22.0 Å². The van der Waals surface area contributed by atoms with E-state index in [2.05, 4.69) is 30.8 Å². The van der Waals surface area contributed by atoms with Gasteiger partial charge in [-0.3, -0.25) is 18.7 Å². The Kier molecular flexibility index (Phi) is 7.55. The van der Waals surface area contributed by atoms with Crippen LogP contribution >= 0.6 is 23.2 Å². The van der Waals surface area contributed by atoms with Crippen LogP contribution in [0.1, 0.15) is 11.4 Å². The molecule has 2 aromatic carbocycles. The van der Waals surface area contributed by atoms with Gasteiger partial charge in [0.25, 0.3) is 0 Å². The molecule has 2 N–H and O–H groups in total. The fraction of sp³-hybridized carbons (Fsp3) is 0.208. The molecule has 3 heterocycles. The number of amides is 1. The van der Waals surface area contributed by atoms with Crippen LogP contribution in [0.25, 0.3) is 10.9 Å². The van der Waals surface area contributed by atoms with E-state index >= 15 is 0 Å². The first-order valence-electron chi connectivity index (χ1n) is 11.9. The van der Waals surface area contributed by atoms with Crippen molar-refractivity contribution in [3.8, 4) is 0 Å². The van der Waals surface area contributed by atoms with Crippen LogP contribution in [0.15, 0.2) is 46.4 Å². The molecule has 0 aliphatic rings. The van der Waals surface area contributed by atoms with Crippen molar-refractivity contribution < 1.29 is 13.6 Å². The highest BCUT2D eigenvalue weighted by Crippen LogP contribution is 2.30. The number of fused-ring (bicyclic) bond motifs is 1. The summed E-state index contributed by atoms with van der Waals surface area (Å²) in [7, 11) is 3.12. The molecular weight excluding hydrogens is 585 g/mol. The van der Waals surface area contributed by atoms with Crippen LogP contribution in [0.2, 0.25) is 10.0 Å². The third-order valence-corrected chi connectivity index (χ3v) is 6.59. The topological polar surface area (TPSA) is 147 Å². The molecule has 1 amide bonds.